The first-order valence-corrected chi connectivity index (χ1v) is 9.92. The minimum atomic E-state index is -0.209. The van der Waals surface area contributed by atoms with Crippen molar-refractivity contribution in [2.24, 2.45) is 0 Å². The molecule has 144 valence electrons. The van der Waals surface area contributed by atoms with Crippen molar-refractivity contribution in [1.82, 2.24) is 10.2 Å². The van der Waals surface area contributed by atoms with Crippen LogP contribution in [0.4, 0.5) is 5.00 Å². The summed E-state index contributed by atoms with van der Waals surface area (Å²) in [5.74, 6) is -0.354. The van der Waals surface area contributed by atoms with Crippen LogP contribution in [0.3, 0.4) is 0 Å². The third-order valence-electron chi connectivity index (χ3n) is 4.69. The molecule has 7 heteroatoms. The minimum Gasteiger partial charge on any atom is -0.379 e. The largest absolute Gasteiger partial charge is 0.379 e. The maximum atomic E-state index is 12.8. The zero-order valence-electron chi connectivity index (χ0n) is 15.7. The number of ether oxygens (including phenoxy) is 1. The maximum absolute atomic E-state index is 12.8. The Bertz CT molecular complexity index is 798. The van der Waals surface area contributed by atoms with Crippen molar-refractivity contribution in [3.63, 3.8) is 0 Å². The fourth-order valence-corrected chi connectivity index (χ4v) is 4.05. The zero-order chi connectivity index (χ0) is 19.2. The van der Waals surface area contributed by atoms with Crippen LogP contribution in [0.1, 0.15) is 31.2 Å². The lowest BCUT2D eigenvalue weighted by Gasteiger charge is -2.26. The molecule has 1 aromatic carbocycles. The Labute approximate surface area is 163 Å². The molecule has 1 aromatic heterocycles. The first-order valence-electron chi connectivity index (χ1n) is 9.11. The number of nitrogens with one attached hydrogen (secondary N) is 2. The van der Waals surface area contributed by atoms with Gasteiger partial charge in [-0.1, -0.05) is 18.2 Å². The van der Waals surface area contributed by atoms with Crippen molar-refractivity contribution in [2.75, 3.05) is 44.7 Å². The molecule has 2 amide bonds. The normalized spacial score (nSPS) is 14.7. The molecule has 27 heavy (non-hydrogen) atoms. The van der Waals surface area contributed by atoms with Crippen LogP contribution < -0.4 is 10.6 Å². The van der Waals surface area contributed by atoms with E-state index in [4.69, 9.17) is 4.74 Å². The summed E-state index contributed by atoms with van der Waals surface area (Å²) in [6.45, 7) is 8.51. The van der Waals surface area contributed by atoms with Crippen molar-refractivity contribution in [2.45, 2.75) is 13.8 Å². The lowest BCUT2D eigenvalue weighted by molar-refractivity contribution is 0.0383. The third kappa shape index (κ3) is 4.94. The first-order chi connectivity index (χ1) is 13.1. The van der Waals surface area contributed by atoms with Crippen molar-refractivity contribution in [1.29, 1.82) is 0 Å². The van der Waals surface area contributed by atoms with Gasteiger partial charge in [-0.2, -0.15) is 0 Å². The van der Waals surface area contributed by atoms with Crippen molar-refractivity contribution < 1.29 is 14.3 Å². The Morgan fingerprint density at radius 1 is 1.11 bits per heavy atom. The van der Waals surface area contributed by atoms with Gasteiger partial charge in [0.05, 0.1) is 18.8 Å². The lowest BCUT2D eigenvalue weighted by atomic mass is 10.1. The lowest BCUT2D eigenvalue weighted by Crippen LogP contribution is -2.41. The molecule has 3 rings (SSSR count). The molecule has 2 heterocycles. The van der Waals surface area contributed by atoms with E-state index in [9.17, 15) is 9.59 Å². The van der Waals surface area contributed by atoms with Gasteiger partial charge in [0.1, 0.15) is 5.00 Å². The van der Waals surface area contributed by atoms with E-state index in [1.54, 1.807) is 12.1 Å². The highest BCUT2D eigenvalue weighted by Gasteiger charge is 2.21. The topological polar surface area (TPSA) is 70.7 Å². The summed E-state index contributed by atoms with van der Waals surface area (Å²) in [7, 11) is 0. The average molecular weight is 388 g/mol. The standard InChI is InChI=1S/C20H25N3O3S/c1-14-15(2)27-20(22-18(24)16-6-4-3-5-7-16)17(14)19(25)21-8-9-23-10-12-26-13-11-23/h3-7H,8-13H2,1-2H3,(H,21,25)(H,22,24). The number of carbonyl (C=O) groups excluding carboxylic acids is 2. The van der Waals surface area contributed by atoms with Gasteiger partial charge in [0.15, 0.2) is 0 Å². The monoisotopic (exact) mass is 387 g/mol. The predicted molar refractivity (Wildman–Crippen MR) is 108 cm³/mol. The molecule has 0 aliphatic carbocycles. The molecule has 1 fully saturated rings. The highest BCUT2D eigenvalue weighted by molar-refractivity contribution is 7.16. The second-order valence-corrected chi connectivity index (χ2v) is 7.74. The molecule has 0 radical (unpaired) electrons. The molecule has 1 saturated heterocycles. The molecule has 2 aromatic rings. The summed E-state index contributed by atoms with van der Waals surface area (Å²) in [4.78, 5) is 28.5. The van der Waals surface area contributed by atoms with E-state index in [0.717, 1.165) is 43.3 Å². The second-order valence-electron chi connectivity index (χ2n) is 6.52. The maximum Gasteiger partial charge on any atom is 0.256 e. The van der Waals surface area contributed by atoms with Gasteiger partial charge >= 0.3 is 0 Å². The van der Waals surface area contributed by atoms with E-state index in [2.05, 4.69) is 15.5 Å². The van der Waals surface area contributed by atoms with Crippen LogP contribution in [0.2, 0.25) is 0 Å². The minimum absolute atomic E-state index is 0.145. The molecule has 0 spiro atoms. The molecular weight excluding hydrogens is 362 g/mol. The van der Waals surface area contributed by atoms with Crippen LogP contribution in [-0.2, 0) is 4.74 Å². The van der Waals surface area contributed by atoms with E-state index < -0.39 is 0 Å². The van der Waals surface area contributed by atoms with Gasteiger partial charge in [-0.3, -0.25) is 14.5 Å². The summed E-state index contributed by atoms with van der Waals surface area (Å²) in [5, 5.41) is 6.49. The first kappa shape index (κ1) is 19.5. The average Bonchev–Trinajstić information content (AvgIpc) is 2.96. The van der Waals surface area contributed by atoms with Crippen molar-refractivity contribution >= 4 is 28.2 Å². The number of rotatable bonds is 6. The quantitative estimate of drug-likeness (QED) is 0.800. The molecule has 2 N–H and O–H groups in total. The summed E-state index contributed by atoms with van der Waals surface area (Å²) in [5.41, 5.74) is 2.04. The molecule has 0 saturated carbocycles. The van der Waals surface area contributed by atoms with Crippen LogP contribution in [0.5, 0.6) is 0 Å². The van der Waals surface area contributed by atoms with Crippen molar-refractivity contribution in [3.05, 3.63) is 51.9 Å². The van der Waals surface area contributed by atoms with Crippen LogP contribution in [0.15, 0.2) is 30.3 Å². The number of carbonyl (C=O) groups is 2. The van der Waals surface area contributed by atoms with Crippen molar-refractivity contribution in [3.8, 4) is 0 Å². The van der Waals surface area contributed by atoms with Gasteiger partial charge in [-0.05, 0) is 31.5 Å². The molecule has 0 bridgehead atoms. The van der Waals surface area contributed by atoms with Crippen LogP contribution in [-0.4, -0.2) is 56.1 Å². The van der Waals surface area contributed by atoms with Crippen LogP contribution in [0.25, 0.3) is 0 Å². The predicted octanol–water partition coefficient (Wildman–Crippen LogP) is 2.68. The number of aryl methyl sites for hydroxylation is 1. The molecule has 0 atom stereocenters. The Hall–Kier alpha value is -2.22. The zero-order valence-corrected chi connectivity index (χ0v) is 16.5. The van der Waals surface area contributed by atoms with E-state index in [-0.39, 0.29) is 11.8 Å². The number of anilines is 1. The molecular formula is C20H25N3O3S. The molecule has 1 aliphatic rings. The fourth-order valence-electron chi connectivity index (χ4n) is 2.99. The number of benzene rings is 1. The van der Waals surface area contributed by atoms with Gasteiger partial charge < -0.3 is 15.4 Å². The van der Waals surface area contributed by atoms with Gasteiger partial charge in [0.25, 0.3) is 11.8 Å². The summed E-state index contributed by atoms with van der Waals surface area (Å²) in [6, 6.07) is 9.01. The number of morpholine rings is 1. The number of hydrogen-bond acceptors (Lipinski definition) is 5. The van der Waals surface area contributed by atoms with Gasteiger partial charge in [-0.25, -0.2) is 0 Å². The number of nitrogens with zero attached hydrogens (tertiary/aromatic N) is 1. The number of amides is 2. The Kier molecular flexibility index (Phi) is 6.60. The Morgan fingerprint density at radius 3 is 2.52 bits per heavy atom. The highest BCUT2D eigenvalue weighted by Crippen LogP contribution is 2.32. The van der Waals surface area contributed by atoms with E-state index in [0.29, 0.717) is 22.7 Å². The van der Waals surface area contributed by atoms with Crippen LogP contribution in [0, 0.1) is 13.8 Å². The highest BCUT2D eigenvalue weighted by atomic mass is 32.1. The fraction of sp³-hybridized carbons (Fsp3) is 0.400. The summed E-state index contributed by atoms with van der Waals surface area (Å²) in [6.07, 6.45) is 0. The summed E-state index contributed by atoms with van der Waals surface area (Å²) < 4.78 is 5.34. The van der Waals surface area contributed by atoms with E-state index >= 15 is 0 Å². The van der Waals surface area contributed by atoms with Gasteiger partial charge in [0.2, 0.25) is 0 Å². The van der Waals surface area contributed by atoms with E-state index in [1.807, 2.05) is 32.0 Å². The SMILES string of the molecule is Cc1sc(NC(=O)c2ccccc2)c(C(=O)NCCN2CCOCC2)c1C. The third-order valence-corrected chi connectivity index (χ3v) is 5.82. The Morgan fingerprint density at radius 2 is 1.81 bits per heavy atom. The second kappa shape index (κ2) is 9.12. The van der Waals surface area contributed by atoms with Crippen LogP contribution >= 0.6 is 11.3 Å². The smallest absolute Gasteiger partial charge is 0.256 e. The molecule has 6 nitrogen and oxygen atoms in total. The van der Waals surface area contributed by atoms with Gasteiger partial charge in [-0.15, -0.1) is 11.3 Å². The van der Waals surface area contributed by atoms with E-state index in [1.165, 1.54) is 11.3 Å². The van der Waals surface area contributed by atoms with Gasteiger partial charge in [0, 0.05) is 36.6 Å². The number of hydrogen-bond donors (Lipinski definition) is 2. The Balaban J connectivity index is 1.65. The molecule has 1 aliphatic heterocycles. The summed E-state index contributed by atoms with van der Waals surface area (Å²) >= 11 is 1.43. The number of thiophene rings is 1. The molecule has 0 unspecified atom stereocenters.